The molecular weight excluding hydrogens is 254 g/mol. The highest BCUT2D eigenvalue weighted by molar-refractivity contribution is 5.75. The Morgan fingerprint density at radius 1 is 1.40 bits per heavy atom. The summed E-state index contributed by atoms with van der Waals surface area (Å²) in [5, 5.41) is 6.67. The zero-order valence-electron chi connectivity index (χ0n) is 11.2. The number of nitrogens with one attached hydrogen (secondary N) is 1. The number of rotatable bonds is 4. The summed E-state index contributed by atoms with van der Waals surface area (Å²) in [6, 6.07) is 9.21. The molecule has 0 bridgehead atoms. The summed E-state index contributed by atoms with van der Waals surface area (Å²) in [6.07, 6.45) is 3.37. The van der Waals surface area contributed by atoms with E-state index in [0.29, 0.717) is 6.54 Å². The van der Waals surface area contributed by atoms with Crippen LogP contribution in [0.2, 0.25) is 0 Å². The summed E-state index contributed by atoms with van der Waals surface area (Å²) in [5.74, 6) is 6.55. The van der Waals surface area contributed by atoms with E-state index in [-0.39, 0.29) is 12.5 Å². The third-order valence-corrected chi connectivity index (χ3v) is 2.56. The number of hydrogen-bond donors (Lipinski definition) is 1. The van der Waals surface area contributed by atoms with Gasteiger partial charge in [0.2, 0.25) is 5.91 Å². The SMILES string of the molecule is COc1ccc(C#CCNC(=O)Cn2cccn2)cc1. The minimum Gasteiger partial charge on any atom is -0.497 e. The number of amides is 1. The van der Waals surface area contributed by atoms with Crippen molar-refractivity contribution in [3.8, 4) is 17.6 Å². The van der Waals surface area contributed by atoms with Crippen molar-refractivity contribution in [1.82, 2.24) is 15.1 Å². The van der Waals surface area contributed by atoms with Gasteiger partial charge in [-0.2, -0.15) is 5.10 Å². The van der Waals surface area contributed by atoms with Crippen LogP contribution in [-0.2, 0) is 11.3 Å². The first-order chi connectivity index (χ1) is 9.78. The van der Waals surface area contributed by atoms with E-state index in [2.05, 4.69) is 22.3 Å². The Labute approximate surface area is 117 Å². The van der Waals surface area contributed by atoms with Gasteiger partial charge in [-0.1, -0.05) is 11.8 Å². The smallest absolute Gasteiger partial charge is 0.242 e. The van der Waals surface area contributed by atoms with E-state index in [4.69, 9.17) is 4.74 Å². The number of ether oxygens (including phenoxy) is 1. The van der Waals surface area contributed by atoms with E-state index in [1.807, 2.05) is 24.3 Å². The van der Waals surface area contributed by atoms with Crippen LogP contribution in [0.3, 0.4) is 0 Å². The first kappa shape index (κ1) is 13.7. The number of methoxy groups -OCH3 is 1. The van der Waals surface area contributed by atoms with Crippen LogP contribution in [0, 0.1) is 11.8 Å². The summed E-state index contributed by atoms with van der Waals surface area (Å²) in [4.78, 5) is 11.5. The van der Waals surface area contributed by atoms with Crippen LogP contribution in [0.4, 0.5) is 0 Å². The molecule has 5 heteroatoms. The molecule has 2 rings (SSSR count). The van der Waals surface area contributed by atoms with Gasteiger partial charge < -0.3 is 10.1 Å². The fourth-order valence-electron chi connectivity index (χ4n) is 1.56. The van der Waals surface area contributed by atoms with E-state index < -0.39 is 0 Å². The molecule has 1 aromatic heterocycles. The minimum absolute atomic E-state index is 0.113. The third-order valence-electron chi connectivity index (χ3n) is 2.56. The van der Waals surface area contributed by atoms with Crippen molar-refractivity contribution in [2.24, 2.45) is 0 Å². The normalized spacial score (nSPS) is 9.45. The van der Waals surface area contributed by atoms with Crippen LogP contribution in [0.25, 0.3) is 0 Å². The van der Waals surface area contributed by atoms with Gasteiger partial charge in [-0.25, -0.2) is 0 Å². The van der Waals surface area contributed by atoms with Gasteiger partial charge in [0.25, 0.3) is 0 Å². The molecule has 20 heavy (non-hydrogen) atoms. The van der Waals surface area contributed by atoms with E-state index >= 15 is 0 Å². The molecule has 102 valence electrons. The Bertz CT molecular complexity index is 607. The standard InChI is InChI=1S/C15H15N3O2/c1-20-14-7-5-13(6-8-14)4-2-9-16-15(19)12-18-11-3-10-17-18/h3,5-8,10-11H,9,12H2,1H3,(H,16,19). The molecule has 0 unspecified atom stereocenters. The minimum atomic E-state index is -0.113. The monoisotopic (exact) mass is 269 g/mol. The fourth-order valence-corrected chi connectivity index (χ4v) is 1.56. The van der Waals surface area contributed by atoms with E-state index in [9.17, 15) is 4.79 Å². The number of aromatic nitrogens is 2. The molecule has 0 aliphatic rings. The first-order valence-corrected chi connectivity index (χ1v) is 6.15. The predicted octanol–water partition coefficient (Wildman–Crippen LogP) is 1.06. The maximum absolute atomic E-state index is 11.5. The fraction of sp³-hybridized carbons (Fsp3) is 0.200. The summed E-state index contributed by atoms with van der Waals surface area (Å²) < 4.78 is 6.62. The number of carbonyl (C=O) groups is 1. The Morgan fingerprint density at radius 2 is 2.20 bits per heavy atom. The molecule has 1 amide bonds. The van der Waals surface area contributed by atoms with Gasteiger partial charge in [-0.15, -0.1) is 0 Å². The first-order valence-electron chi connectivity index (χ1n) is 6.15. The topological polar surface area (TPSA) is 56.1 Å². The number of nitrogens with zero attached hydrogens (tertiary/aromatic N) is 2. The molecule has 1 aromatic carbocycles. The maximum atomic E-state index is 11.5. The summed E-state index contributed by atoms with van der Waals surface area (Å²) >= 11 is 0. The largest absolute Gasteiger partial charge is 0.497 e. The molecule has 0 fully saturated rings. The molecule has 0 atom stereocenters. The van der Waals surface area contributed by atoms with Crippen molar-refractivity contribution in [3.63, 3.8) is 0 Å². The van der Waals surface area contributed by atoms with E-state index in [1.165, 1.54) is 0 Å². The second kappa shape index (κ2) is 7.00. The molecular formula is C15H15N3O2. The molecule has 0 saturated carbocycles. The predicted molar refractivity (Wildman–Crippen MR) is 75.1 cm³/mol. The van der Waals surface area contributed by atoms with Gasteiger partial charge in [-0.05, 0) is 30.3 Å². The van der Waals surface area contributed by atoms with Crippen LogP contribution in [0.5, 0.6) is 5.75 Å². The van der Waals surface area contributed by atoms with Crippen LogP contribution in [0.1, 0.15) is 5.56 Å². The highest BCUT2D eigenvalue weighted by atomic mass is 16.5. The number of hydrogen-bond acceptors (Lipinski definition) is 3. The summed E-state index contributed by atoms with van der Waals surface area (Å²) in [6.45, 7) is 0.517. The van der Waals surface area contributed by atoms with Gasteiger partial charge in [0.05, 0.1) is 13.7 Å². The molecule has 0 radical (unpaired) electrons. The lowest BCUT2D eigenvalue weighted by Gasteiger charge is -2.01. The van der Waals surface area contributed by atoms with Crippen molar-refractivity contribution in [3.05, 3.63) is 48.3 Å². The summed E-state index contributed by atoms with van der Waals surface area (Å²) in [5.41, 5.74) is 0.882. The second-order valence-corrected chi connectivity index (χ2v) is 4.01. The lowest BCUT2D eigenvalue weighted by atomic mass is 10.2. The average molecular weight is 269 g/mol. The Hall–Kier alpha value is -2.74. The van der Waals surface area contributed by atoms with Gasteiger partial charge in [-0.3, -0.25) is 9.48 Å². The van der Waals surface area contributed by atoms with Gasteiger partial charge in [0.15, 0.2) is 0 Å². The van der Waals surface area contributed by atoms with Crippen molar-refractivity contribution in [2.45, 2.75) is 6.54 Å². The van der Waals surface area contributed by atoms with Crippen molar-refractivity contribution in [2.75, 3.05) is 13.7 Å². The van der Waals surface area contributed by atoms with E-state index in [0.717, 1.165) is 11.3 Å². The molecule has 0 spiro atoms. The van der Waals surface area contributed by atoms with Crippen molar-refractivity contribution in [1.29, 1.82) is 0 Å². The second-order valence-electron chi connectivity index (χ2n) is 4.01. The molecule has 2 aromatic rings. The number of carbonyl (C=O) groups excluding carboxylic acids is 1. The highest BCUT2D eigenvalue weighted by Gasteiger charge is 1.99. The zero-order chi connectivity index (χ0) is 14.2. The Kier molecular flexibility index (Phi) is 4.79. The Balaban J connectivity index is 1.77. The zero-order valence-corrected chi connectivity index (χ0v) is 11.2. The van der Waals surface area contributed by atoms with Gasteiger partial charge in [0.1, 0.15) is 12.3 Å². The molecule has 1 heterocycles. The third kappa shape index (κ3) is 4.18. The lowest BCUT2D eigenvalue weighted by molar-refractivity contribution is -0.121. The maximum Gasteiger partial charge on any atom is 0.242 e. The average Bonchev–Trinajstić information content (AvgIpc) is 2.97. The van der Waals surface area contributed by atoms with Crippen LogP contribution in [-0.4, -0.2) is 29.3 Å². The van der Waals surface area contributed by atoms with Crippen molar-refractivity contribution >= 4 is 5.91 Å². The number of benzene rings is 1. The van der Waals surface area contributed by atoms with Crippen LogP contribution in [0.15, 0.2) is 42.7 Å². The van der Waals surface area contributed by atoms with Gasteiger partial charge in [0, 0.05) is 18.0 Å². The molecule has 0 aliphatic carbocycles. The molecule has 0 aliphatic heterocycles. The van der Waals surface area contributed by atoms with Gasteiger partial charge >= 0.3 is 0 Å². The quantitative estimate of drug-likeness (QED) is 0.844. The lowest BCUT2D eigenvalue weighted by Crippen LogP contribution is -2.27. The van der Waals surface area contributed by atoms with Crippen molar-refractivity contribution < 1.29 is 9.53 Å². The van der Waals surface area contributed by atoms with Crippen LogP contribution >= 0.6 is 0 Å². The van der Waals surface area contributed by atoms with Crippen LogP contribution < -0.4 is 10.1 Å². The summed E-state index contributed by atoms with van der Waals surface area (Å²) in [7, 11) is 1.62. The molecule has 0 saturated heterocycles. The highest BCUT2D eigenvalue weighted by Crippen LogP contribution is 2.09. The molecule has 1 N–H and O–H groups in total. The molecule has 5 nitrogen and oxygen atoms in total. The Morgan fingerprint density at radius 3 is 2.85 bits per heavy atom. The van der Waals surface area contributed by atoms with E-state index in [1.54, 1.807) is 30.3 Å².